The van der Waals surface area contributed by atoms with Gasteiger partial charge < -0.3 is 9.80 Å². The number of hydrogen-bond donors (Lipinski definition) is 0. The summed E-state index contributed by atoms with van der Waals surface area (Å²) in [7, 11) is 1.88. The Hall–Kier alpha value is -2.69. The molecule has 1 saturated carbocycles. The van der Waals surface area contributed by atoms with Gasteiger partial charge in [0.25, 0.3) is 0 Å². The predicted molar refractivity (Wildman–Crippen MR) is 131 cm³/mol. The van der Waals surface area contributed by atoms with Crippen molar-refractivity contribution in [3.05, 3.63) is 71.5 Å². The third-order valence-electron chi connectivity index (χ3n) is 8.76. The first kappa shape index (κ1) is 23.1. The lowest BCUT2D eigenvalue weighted by atomic mass is 9.67. The molecule has 1 spiro atoms. The van der Waals surface area contributed by atoms with Crippen LogP contribution in [0.2, 0.25) is 0 Å². The standard InChI is InChI=1S/C29H35FN2O2/c1-31-25(20-22-9-8-12-24(30)19-22)21-28(26(31)33)15-17-32(18-16-28)27(34)29(13-6-3-7-14-29)23-10-4-2-5-11-23/h2,4-5,8-12,19,25H,3,6-7,13-18,20-21H2,1H3. The number of hydrogen-bond acceptors (Lipinski definition) is 2. The van der Waals surface area contributed by atoms with Crippen LogP contribution in [0.25, 0.3) is 0 Å². The first-order valence-electron chi connectivity index (χ1n) is 12.8. The normalized spacial score (nSPS) is 23.9. The summed E-state index contributed by atoms with van der Waals surface area (Å²) in [5, 5.41) is 0. The molecule has 2 aromatic rings. The van der Waals surface area contributed by atoms with Crippen molar-refractivity contribution in [1.82, 2.24) is 9.80 Å². The predicted octanol–water partition coefficient (Wildman–Crippen LogP) is 5.11. The van der Waals surface area contributed by atoms with E-state index in [4.69, 9.17) is 0 Å². The Balaban J connectivity index is 1.30. The van der Waals surface area contributed by atoms with Gasteiger partial charge in [0.1, 0.15) is 5.82 Å². The highest BCUT2D eigenvalue weighted by Gasteiger charge is 2.53. The van der Waals surface area contributed by atoms with E-state index in [1.807, 2.05) is 41.1 Å². The van der Waals surface area contributed by atoms with Crippen molar-refractivity contribution in [3.63, 3.8) is 0 Å². The van der Waals surface area contributed by atoms with E-state index in [-0.39, 0.29) is 23.7 Å². The number of likely N-dealkylation sites (N-methyl/N-ethyl adjacent to an activating group) is 1. The lowest BCUT2D eigenvalue weighted by Gasteiger charge is -2.44. The van der Waals surface area contributed by atoms with Crippen LogP contribution >= 0.6 is 0 Å². The summed E-state index contributed by atoms with van der Waals surface area (Å²) in [4.78, 5) is 31.2. The van der Waals surface area contributed by atoms with E-state index in [2.05, 4.69) is 12.1 Å². The highest BCUT2D eigenvalue weighted by Crippen LogP contribution is 2.47. The van der Waals surface area contributed by atoms with Crippen molar-refractivity contribution in [2.45, 2.75) is 69.2 Å². The summed E-state index contributed by atoms with van der Waals surface area (Å²) < 4.78 is 13.7. The van der Waals surface area contributed by atoms with Crippen LogP contribution in [0.4, 0.5) is 4.39 Å². The first-order chi connectivity index (χ1) is 16.4. The Labute approximate surface area is 202 Å². The highest BCUT2D eigenvalue weighted by atomic mass is 19.1. The zero-order valence-electron chi connectivity index (χ0n) is 20.1. The van der Waals surface area contributed by atoms with Gasteiger partial charge in [-0.25, -0.2) is 4.39 Å². The molecular weight excluding hydrogens is 427 g/mol. The third kappa shape index (κ3) is 4.03. The molecule has 5 rings (SSSR count). The number of nitrogens with zero attached hydrogens (tertiary/aromatic N) is 2. The monoisotopic (exact) mass is 462 g/mol. The summed E-state index contributed by atoms with van der Waals surface area (Å²) in [6, 6.07) is 17.1. The zero-order chi connectivity index (χ0) is 23.8. The quantitative estimate of drug-likeness (QED) is 0.634. The molecule has 5 heteroatoms. The number of piperidine rings is 1. The SMILES string of the molecule is CN1C(=O)C2(CCN(C(=O)C3(c4ccccc4)CCCCC3)CC2)CC1Cc1cccc(F)c1. The smallest absolute Gasteiger partial charge is 0.233 e. The molecule has 0 N–H and O–H groups in total. The average Bonchev–Trinajstić information content (AvgIpc) is 3.09. The summed E-state index contributed by atoms with van der Waals surface area (Å²) in [6.07, 6.45) is 8.07. The van der Waals surface area contributed by atoms with Crippen molar-refractivity contribution in [1.29, 1.82) is 0 Å². The van der Waals surface area contributed by atoms with Gasteiger partial charge in [-0.1, -0.05) is 61.7 Å². The maximum Gasteiger partial charge on any atom is 0.233 e. The molecule has 2 aromatic carbocycles. The van der Waals surface area contributed by atoms with Crippen LogP contribution in [0.5, 0.6) is 0 Å². The van der Waals surface area contributed by atoms with E-state index in [0.717, 1.165) is 43.2 Å². The topological polar surface area (TPSA) is 40.6 Å². The van der Waals surface area contributed by atoms with Crippen molar-refractivity contribution in [3.8, 4) is 0 Å². The molecule has 1 atom stereocenters. The van der Waals surface area contributed by atoms with E-state index >= 15 is 0 Å². The Bertz CT molecular complexity index is 1040. The van der Waals surface area contributed by atoms with Crippen molar-refractivity contribution < 1.29 is 14.0 Å². The molecule has 0 aromatic heterocycles. The molecule has 3 aliphatic rings. The van der Waals surface area contributed by atoms with Crippen LogP contribution in [0.15, 0.2) is 54.6 Å². The fraction of sp³-hybridized carbons (Fsp3) is 0.517. The second-order valence-corrected chi connectivity index (χ2v) is 10.7. The Morgan fingerprint density at radius 3 is 2.35 bits per heavy atom. The molecule has 3 fully saturated rings. The number of benzene rings is 2. The molecule has 1 unspecified atom stereocenters. The average molecular weight is 463 g/mol. The minimum absolute atomic E-state index is 0.0746. The van der Waals surface area contributed by atoms with Crippen LogP contribution in [0, 0.1) is 11.2 Å². The van der Waals surface area contributed by atoms with Crippen LogP contribution < -0.4 is 0 Å². The molecule has 2 heterocycles. The zero-order valence-corrected chi connectivity index (χ0v) is 20.1. The Morgan fingerprint density at radius 1 is 0.971 bits per heavy atom. The molecule has 4 nitrogen and oxygen atoms in total. The molecule has 0 radical (unpaired) electrons. The van der Waals surface area contributed by atoms with Crippen LogP contribution in [-0.4, -0.2) is 47.8 Å². The van der Waals surface area contributed by atoms with Gasteiger partial charge in [0.15, 0.2) is 0 Å². The van der Waals surface area contributed by atoms with Gasteiger partial charge in [-0.3, -0.25) is 9.59 Å². The van der Waals surface area contributed by atoms with E-state index in [1.54, 1.807) is 12.1 Å². The second kappa shape index (κ2) is 9.16. The van der Waals surface area contributed by atoms with Crippen LogP contribution in [0.1, 0.15) is 62.5 Å². The lowest BCUT2D eigenvalue weighted by molar-refractivity contribution is -0.146. The van der Waals surface area contributed by atoms with E-state index in [9.17, 15) is 14.0 Å². The number of carbonyl (C=O) groups is 2. The van der Waals surface area contributed by atoms with Gasteiger partial charge in [0, 0.05) is 26.2 Å². The fourth-order valence-corrected chi connectivity index (χ4v) is 6.76. The third-order valence-corrected chi connectivity index (χ3v) is 8.76. The van der Waals surface area contributed by atoms with Crippen LogP contribution in [0.3, 0.4) is 0 Å². The number of halogens is 1. The molecule has 34 heavy (non-hydrogen) atoms. The van der Waals surface area contributed by atoms with Gasteiger partial charge in [-0.05, 0) is 61.8 Å². The molecule has 2 saturated heterocycles. The summed E-state index contributed by atoms with van der Waals surface area (Å²) >= 11 is 0. The number of carbonyl (C=O) groups excluding carboxylic acids is 2. The number of rotatable bonds is 4. The molecule has 180 valence electrons. The van der Waals surface area contributed by atoms with Gasteiger partial charge in [-0.15, -0.1) is 0 Å². The van der Waals surface area contributed by atoms with Crippen molar-refractivity contribution in [2.24, 2.45) is 5.41 Å². The maximum absolute atomic E-state index is 14.0. The Morgan fingerprint density at radius 2 is 1.68 bits per heavy atom. The second-order valence-electron chi connectivity index (χ2n) is 10.7. The summed E-state index contributed by atoms with van der Waals surface area (Å²) in [6.45, 7) is 1.28. The van der Waals surface area contributed by atoms with Gasteiger partial charge in [0.2, 0.25) is 11.8 Å². The molecule has 1 aliphatic carbocycles. The summed E-state index contributed by atoms with van der Waals surface area (Å²) in [5.74, 6) is 0.209. The molecule has 0 bridgehead atoms. The Kier molecular flexibility index (Phi) is 6.22. The van der Waals surface area contributed by atoms with Crippen molar-refractivity contribution in [2.75, 3.05) is 20.1 Å². The minimum atomic E-state index is -0.416. The van der Waals surface area contributed by atoms with Crippen molar-refractivity contribution >= 4 is 11.8 Å². The van der Waals surface area contributed by atoms with Gasteiger partial charge >= 0.3 is 0 Å². The number of likely N-dealkylation sites (tertiary alicyclic amines) is 2. The van der Waals surface area contributed by atoms with E-state index < -0.39 is 10.8 Å². The number of amides is 2. The van der Waals surface area contributed by atoms with E-state index in [1.165, 1.54) is 12.5 Å². The maximum atomic E-state index is 14.0. The van der Waals surface area contributed by atoms with Gasteiger partial charge in [-0.2, -0.15) is 0 Å². The fourth-order valence-electron chi connectivity index (χ4n) is 6.76. The molecule has 2 amide bonds. The highest BCUT2D eigenvalue weighted by molar-refractivity contribution is 5.89. The molecule has 2 aliphatic heterocycles. The minimum Gasteiger partial charge on any atom is -0.342 e. The largest absolute Gasteiger partial charge is 0.342 e. The first-order valence-corrected chi connectivity index (χ1v) is 12.8. The van der Waals surface area contributed by atoms with Crippen LogP contribution in [-0.2, 0) is 21.4 Å². The van der Waals surface area contributed by atoms with Gasteiger partial charge in [0.05, 0.1) is 10.8 Å². The molecular formula is C29H35FN2O2. The van der Waals surface area contributed by atoms with E-state index in [0.29, 0.717) is 32.4 Å². The lowest BCUT2D eigenvalue weighted by Crippen LogP contribution is -2.53. The summed E-state index contributed by atoms with van der Waals surface area (Å²) in [5.41, 5.74) is 1.26.